The van der Waals surface area contributed by atoms with Gasteiger partial charge in [-0.15, -0.1) is 0 Å². The number of aliphatic carboxylic acids is 4. The Morgan fingerprint density at radius 2 is 0.874 bits per heavy atom. The first kappa shape index (κ1) is 103. The fourth-order valence-electron chi connectivity index (χ4n) is 21.8. The van der Waals surface area contributed by atoms with Gasteiger partial charge in [-0.2, -0.15) is 24.0 Å². The van der Waals surface area contributed by atoms with Gasteiger partial charge < -0.3 is 79.4 Å². The van der Waals surface area contributed by atoms with Crippen LogP contribution in [-0.2, 0) is 70.8 Å². The minimum atomic E-state index is -1.29. The summed E-state index contributed by atoms with van der Waals surface area (Å²) >= 11 is 0. The van der Waals surface area contributed by atoms with E-state index in [1.165, 1.54) is 151 Å². The average molecular weight is 1800 g/mol. The fraction of sp³-hybridized carbons (Fsp3) is 0.890. The maximum Gasteiger partial charge on any atom is 2.00 e. The van der Waals surface area contributed by atoms with E-state index in [-0.39, 0.29) is 158 Å². The fourth-order valence-corrected chi connectivity index (χ4v) is 21.8. The topological polar surface area (TPSA) is 317 Å². The van der Waals surface area contributed by atoms with Gasteiger partial charge in [0, 0.05) is 32.7 Å². The van der Waals surface area contributed by atoms with Crippen LogP contribution in [0.15, 0.2) is 23.3 Å². The second kappa shape index (κ2) is 49.2. The molecule has 17 nitrogen and oxygen atoms in total. The van der Waals surface area contributed by atoms with Crippen molar-refractivity contribution in [2.75, 3.05) is 52.5 Å². The predicted molar refractivity (Wildman–Crippen MR) is 394 cm³/mol. The second-order valence-corrected chi connectivity index (χ2v) is 34.8. The van der Waals surface area contributed by atoms with E-state index in [9.17, 15) is 34.5 Å². The molecule has 20 atom stereocenters. The van der Waals surface area contributed by atoms with Gasteiger partial charge in [0.25, 0.3) is 0 Å². The first-order valence-electron chi connectivity index (χ1n) is 39.7. The molecule has 8 unspecified atom stereocenters. The summed E-state index contributed by atoms with van der Waals surface area (Å²) in [5, 5.41) is 41.9. The van der Waals surface area contributed by atoms with Crippen molar-refractivity contribution in [3.05, 3.63) is 47.4 Å². The van der Waals surface area contributed by atoms with Crippen LogP contribution in [-0.4, -0.2) is 133 Å². The van der Waals surface area contributed by atoms with Gasteiger partial charge in [-0.3, -0.25) is 14.6 Å². The number of ether oxygens (including phenoxy) is 2. The zero-order chi connectivity index (χ0) is 71.4. The van der Waals surface area contributed by atoms with Gasteiger partial charge in [-0.25, -0.2) is 0 Å². The van der Waals surface area contributed by atoms with Crippen molar-refractivity contribution in [2.24, 2.45) is 98.6 Å². The molecular formula is C82H144Li2N5O12Pt2-. The zero-order valence-corrected chi connectivity index (χ0v) is 71.5. The van der Waals surface area contributed by atoms with E-state index >= 15 is 0 Å². The Morgan fingerprint density at radius 1 is 0.524 bits per heavy atom. The third-order valence-corrected chi connectivity index (χ3v) is 27.1. The Kier molecular flexibility index (Phi) is 48.9. The predicted octanol–water partition coefficient (Wildman–Crippen LogP) is 8.37. The molecule has 10 aliphatic carbocycles. The molecule has 0 aromatic rings. The Morgan fingerprint density at radius 3 is 1.18 bits per heavy atom. The van der Waals surface area contributed by atoms with Crippen molar-refractivity contribution in [1.82, 2.24) is 9.80 Å². The minimum absolute atomic E-state index is 0. The molecule has 0 saturated heterocycles. The Balaban J connectivity index is 0.00000153. The number of rotatable bonds is 26. The first-order chi connectivity index (χ1) is 45.9. The van der Waals surface area contributed by atoms with Crippen LogP contribution < -0.4 is 53.0 Å². The number of carboxylic acids is 4. The number of hydrogen-bond donors (Lipinski definition) is 1. The van der Waals surface area contributed by atoms with Crippen LogP contribution in [0.3, 0.4) is 0 Å². The largest absolute Gasteiger partial charge is 2.00 e. The zero-order valence-electron chi connectivity index (χ0n) is 67.0. The summed E-state index contributed by atoms with van der Waals surface area (Å²) in [6, 6.07) is -0.0174. The monoisotopic (exact) mass is 1800 g/mol. The summed E-state index contributed by atoms with van der Waals surface area (Å²) in [7, 11) is 0. The van der Waals surface area contributed by atoms with E-state index in [1.54, 1.807) is 11.1 Å². The van der Waals surface area contributed by atoms with E-state index in [0.717, 1.165) is 129 Å². The van der Waals surface area contributed by atoms with E-state index in [0.29, 0.717) is 30.0 Å². The molecule has 10 aliphatic rings. The molecule has 8 N–H and O–H groups in total. The van der Waals surface area contributed by atoms with E-state index in [2.05, 4.69) is 102 Å². The summed E-state index contributed by atoms with van der Waals surface area (Å²) in [6.45, 7) is 32.6. The summed E-state index contributed by atoms with van der Waals surface area (Å²) in [5.41, 5.74) is 26.7. The van der Waals surface area contributed by atoms with Crippen LogP contribution >= 0.6 is 0 Å². The molecule has 0 aliphatic heterocycles. The van der Waals surface area contributed by atoms with Crippen molar-refractivity contribution < 1.29 is 140 Å². The number of carbonyl (C=O) groups is 4. The van der Waals surface area contributed by atoms with Crippen molar-refractivity contribution in [3.63, 3.8) is 0 Å². The molecule has 21 heteroatoms. The summed E-state index contributed by atoms with van der Waals surface area (Å²) in [5.74, 6) is 5.50. The molecule has 592 valence electrons. The Bertz CT molecular complexity index is 2290. The average Bonchev–Trinajstić information content (AvgIpc) is 1.70. The van der Waals surface area contributed by atoms with Crippen LogP contribution in [0.25, 0.3) is 17.2 Å². The number of nitrogens with one attached hydrogen (secondary N) is 3. The normalized spacial score (nSPS) is 34.1. The maximum absolute atomic E-state index is 11.1. The molecule has 0 heterocycles. The van der Waals surface area contributed by atoms with E-state index in [4.69, 9.17) is 31.8 Å². The number of allylic oxidation sites excluding steroid dienone is 2. The Labute approximate surface area is 679 Å². The SMILES string of the molecule is CC(C)CCC[C@@H](C)[C@H]1CCC2C3CC=C4C[C@@H](OCCN(CC(=O)[O-])CC(=O)O)CC[C@]4(C)C3CC[C@@]21C.CC(C)CCC[C@@H](C)[C@H]1CCC2C3CC=C4C[C@@H](OCCN(CC(=O)[O-])CC(=O)[O-])CC[C@]4(C)C3CC[C@@]21C.CCC.O.O.[CH2-]C1CCCCC1[NH-].[Li+].[Li+].[NH-][C@@H]1CCCC[C@H]1[NH-].[Pt+2].[Pt+2]. The second-order valence-electron chi connectivity index (χ2n) is 34.8. The molecule has 8 fully saturated rings. The molecule has 0 spiro atoms. The van der Waals surface area contributed by atoms with Gasteiger partial charge in [0.05, 0.1) is 49.9 Å². The molecular weight excluding hydrogens is 1650 g/mol. The van der Waals surface area contributed by atoms with Crippen LogP contribution in [0.4, 0.5) is 0 Å². The van der Waals surface area contributed by atoms with E-state index < -0.39 is 37.0 Å². The smallest absolute Gasteiger partial charge is 0.677 e. The van der Waals surface area contributed by atoms with Gasteiger partial charge in [0.1, 0.15) is 0 Å². The molecule has 0 aromatic heterocycles. The van der Waals surface area contributed by atoms with E-state index in [1.807, 2.05) is 0 Å². The third kappa shape index (κ3) is 29.2. The molecule has 10 rings (SSSR count). The molecule has 0 aromatic carbocycles. The summed E-state index contributed by atoms with van der Waals surface area (Å²) in [4.78, 5) is 46.6. The minimum Gasteiger partial charge on any atom is -0.677 e. The van der Waals surface area contributed by atoms with Crippen molar-refractivity contribution in [1.29, 1.82) is 0 Å². The van der Waals surface area contributed by atoms with Crippen LogP contribution in [0.2, 0.25) is 0 Å². The van der Waals surface area contributed by atoms with Gasteiger partial charge in [0.15, 0.2) is 0 Å². The van der Waals surface area contributed by atoms with Crippen molar-refractivity contribution >= 4 is 23.9 Å². The summed E-state index contributed by atoms with van der Waals surface area (Å²) < 4.78 is 12.4. The van der Waals surface area contributed by atoms with Crippen LogP contribution in [0.1, 0.15) is 282 Å². The summed E-state index contributed by atoms with van der Waals surface area (Å²) in [6.07, 6.45) is 43.8. The van der Waals surface area contributed by atoms with Crippen molar-refractivity contribution in [2.45, 2.75) is 312 Å². The van der Waals surface area contributed by atoms with Crippen molar-refractivity contribution in [3.8, 4) is 0 Å². The first-order valence-corrected chi connectivity index (χ1v) is 39.7. The van der Waals surface area contributed by atoms with Gasteiger partial charge >= 0.3 is 85.8 Å². The van der Waals surface area contributed by atoms with Crippen LogP contribution in [0.5, 0.6) is 0 Å². The third-order valence-electron chi connectivity index (χ3n) is 27.1. The number of nitrogens with zero attached hydrogens (tertiary/aromatic N) is 2. The number of hydrogen-bond acceptors (Lipinski definition) is 11. The maximum atomic E-state index is 11.1. The molecule has 8 saturated carbocycles. The van der Waals surface area contributed by atoms with Gasteiger partial charge in [0.2, 0.25) is 0 Å². The molecule has 0 amide bonds. The van der Waals surface area contributed by atoms with Gasteiger partial charge in [-0.1, -0.05) is 203 Å². The number of fused-ring (bicyclic) bond motifs is 10. The number of carboxylic acid groups (broad SMARTS) is 4. The molecule has 103 heavy (non-hydrogen) atoms. The molecule has 0 radical (unpaired) electrons. The molecule has 0 bridgehead atoms. The number of carbonyl (C=O) groups excluding carboxylic acids is 3. The Hall–Kier alpha value is -0.429. The quantitative estimate of drug-likeness (QED) is 0.0485. The van der Waals surface area contributed by atoms with Crippen LogP contribution in [0, 0.1) is 106 Å². The van der Waals surface area contributed by atoms with Gasteiger partial charge in [-0.05, 0) is 195 Å². The standard InChI is InChI=1S/2C33H55NO5.C7H13N.C6H12N2.C3H8.2Li.2H2O.2Pt/c2*1-22(2)7-6-8-23(3)27-11-12-28-26-10-9-24-19-25(39-18-17-34(20-30(35)36)21-31(37)38)13-15-32(24,4)29(26)14-16-33(27,28)5;1-6-4-2-3-5-7(6)8;7-5-3-1-2-4-6(5)8;1-3-2;;;;;;/h2*9,22-23,25-29H,6-8,10-21H2,1-5H3,(H,35,36)(H,37,38);6-8H,1-5H2;5-8H,1-4H2;3H2,1-2H3;;;2*1H2;;/q;;2*-2;;2*+1;;;2*+2/p-3/t2*23-,25+,26?,27-,28?,29?,32+,33-;;5-,6-;;;;;;;/m11.1......./s1.